The number of rotatable bonds is 2. The zero-order chi connectivity index (χ0) is 11.8. The van der Waals surface area contributed by atoms with Crippen LogP contribution in [-0.2, 0) is 13.5 Å². The van der Waals surface area contributed by atoms with Crippen LogP contribution in [0.25, 0.3) is 0 Å². The minimum absolute atomic E-state index is 0.0128. The average Bonchev–Trinajstić information content (AvgIpc) is 2.93. The van der Waals surface area contributed by atoms with E-state index in [9.17, 15) is 4.79 Å². The van der Waals surface area contributed by atoms with Crippen molar-refractivity contribution in [3.8, 4) is 5.75 Å². The lowest BCUT2D eigenvalue weighted by Gasteiger charge is -2.09. The molecule has 0 aliphatic carbocycles. The normalized spacial score (nSPS) is 17.6. The van der Waals surface area contributed by atoms with Crippen LogP contribution < -0.4 is 4.74 Å². The number of hydrogen-bond acceptors (Lipinski definition) is 3. The Morgan fingerprint density at radius 1 is 1.41 bits per heavy atom. The standard InChI is InChI=1S/C13H12N2O2/c1-15-10(6-7-14-15)13(16)12-8-9-4-2-3-5-11(9)17-12/h2-7,12H,8H2,1H3. The van der Waals surface area contributed by atoms with Gasteiger partial charge in [-0.1, -0.05) is 18.2 Å². The molecule has 17 heavy (non-hydrogen) atoms. The Kier molecular flexibility index (Phi) is 2.21. The Morgan fingerprint density at radius 3 is 2.94 bits per heavy atom. The predicted molar refractivity (Wildman–Crippen MR) is 62.1 cm³/mol. The van der Waals surface area contributed by atoms with Crippen molar-refractivity contribution in [2.24, 2.45) is 7.05 Å². The Labute approximate surface area is 98.8 Å². The second-order valence-corrected chi connectivity index (χ2v) is 4.12. The molecule has 2 heterocycles. The summed E-state index contributed by atoms with van der Waals surface area (Å²) < 4.78 is 7.23. The van der Waals surface area contributed by atoms with E-state index in [0.717, 1.165) is 11.3 Å². The maximum atomic E-state index is 12.2. The van der Waals surface area contributed by atoms with Gasteiger partial charge >= 0.3 is 0 Å². The first-order valence-electron chi connectivity index (χ1n) is 5.52. The Morgan fingerprint density at radius 2 is 2.24 bits per heavy atom. The lowest BCUT2D eigenvalue weighted by Crippen LogP contribution is -2.27. The molecule has 4 nitrogen and oxygen atoms in total. The van der Waals surface area contributed by atoms with Gasteiger partial charge in [-0.15, -0.1) is 0 Å². The third kappa shape index (κ3) is 1.62. The number of carbonyl (C=O) groups is 1. The third-order valence-corrected chi connectivity index (χ3v) is 3.01. The van der Waals surface area contributed by atoms with Crippen molar-refractivity contribution >= 4 is 5.78 Å². The van der Waals surface area contributed by atoms with Crippen LogP contribution in [0.15, 0.2) is 36.5 Å². The van der Waals surface area contributed by atoms with E-state index in [-0.39, 0.29) is 5.78 Å². The first-order chi connectivity index (χ1) is 8.25. The highest BCUT2D eigenvalue weighted by Crippen LogP contribution is 2.29. The maximum Gasteiger partial charge on any atom is 0.221 e. The molecule has 0 saturated heterocycles. The summed E-state index contributed by atoms with van der Waals surface area (Å²) in [5, 5.41) is 4.00. The number of hydrogen-bond donors (Lipinski definition) is 0. The van der Waals surface area contributed by atoms with Crippen LogP contribution in [0.4, 0.5) is 0 Å². The van der Waals surface area contributed by atoms with Crippen LogP contribution in [0.1, 0.15) is 16.1 Å². The number of ether oxygens (including phenoxy) is 1. The van der Waals surface area contributed by atoms with Crippen LogP contribution in [0.2, 0.25) is 0 Å². The molecule has 0 amide bonds. The van der Waals surface area contributed by atoms with Crippen LogP contribution in [0, 0.1) is 0 Å². The van der Waals surface area contributed by atoms with Crippen LogP contribution in [0.3, 0.4) is 0 Å². The SMILES string of the molecule is Cn1nccc1C(=O)C1Cc2ccccc2O1. The highest BCUT2D eigenvalue weighted by molar-refractivity contribution is 5.98. The van der Waals surface area contributed by atoms with Gasteiger partial charge in [0.25, 0.3) is 0 Å². The van der Waals surface area contributed by atoms with Gasteiger partial charge in [0.15, 0.2) is 6.10 Å². The van der Waals surface area contributed by atoms with E-state index in [1.54, 1.807) is 24.0 Å². The number of para-hydroxylation sites is 1. The summed E-state index contributed by atoms with van der Waals surface area (Å²) in [6.45, 7) is 0. The van der Waals surface area contributed by atoms with Crippen molar-refractivity contribution in [2.75, 3.05) is 0 Å². The number of fused-ring (bicyclic) bond motifs is 1. The number of aromatic nitrogens is 2. The number of aryl methyl sites for hydroxylation is 1. The van der Waals surface area contributed by atoms with Crippen molar-refractivity contribution in [3.63, 3.8) is 0 Å². The summed E-state index contributed by atoms with van der Waals surface area (Å²) >= 11 is 0. The van der Waals surface area contributed by atoms with E-state index in [0.29, 0.717) is 12.1 Å². The molecule has 3 rings (SSSR count). The molecule has 0 radical (unpaired) electrons. The molecule has 0 N–H and O–H groups in total. The molecule has 1 atom stereocenters. The van der Waals surface area contributed by atoms with Crippen molar-refractivity contribution < 1.29 is 9.53 Å². The van der Waals surface area contributed by atoms with E-state index in [1.807, 2.05) is 24.3 Å². The quantitative estimate of drug-likeness (QED) is 0.733. The molecule has 0 spiro atoms. The summed E-state index contributed by atoms with van der Waals surface area (Å²) in [6, 6.07) is 9.47. The maximum absolute atomic E-state index is 12.2. The molecule has 1 unspecified atom stereocenters. The van der Waals surface area contributed by atoms with E-state index in [4.69, 9.17) is 4.74 Å². The number of ketones is 1. The summed E-state index contributed by atoms with van der Waals surface area (Å²) in [5.41, 5.74) is 1.68. The minimum atomic E-state index is -0.414. The van der Waals surface area contributed by atoms with Gasteiger partial charge in [-0.05, 0) is 17.7 Å². The second-order valence-electron chi connectivity index (χ2n) is 4.12. The van der Waals surface area contributed by atoms with Gasteiger partial charge in [0.05, 0.1) is 0 Å². The molecule has 1 aliphatic rings. The highest BCUT2D eigenvalue weighted by atomic mass is 16.5. The Bertz CT molecular complexity index is 549. The van der Waals surface area contributed by atoms with Gasteiger partial charge in [-0.25, -0.2) is 0 Å². The molecule has 1 aromatic heterocycles. The molecule has 0 saturated carbocycles. The summed E-state index contributed by atoms with van der Waals surface area (Å²) in [5.74, 6) is 0.800. The third-order valence-electron chi connectivity index (χ3n) is 3.01. The number of carbonyl (C=O) groups excluding carboxylic acids is 1. The summed E-state index contributed by atoms with van der Waals surface area (Å²) in [6.07, 6.45) is 1.85. The van der Waals surface area contributed by atoms with Gasteiger partial charge in [0, 0.05) is 19.7 Å². The summed E-state index contributed by atoms with van der Waals surface area (Å²) in [7, 11) is 1.76. The molecule has 0 fully saturated rings. The minimum Gasteiger partial charge on any atom is -0.482 e. The molecule has 4 heteroatoms. The number of Topliss-reactive ketones (excluding diaryl/α,β-unsaturated/α-hetero) is 1. The van der Waals surface area contributed by atoms with Crippen LogP contribution in [0.5, 0.6) is 5.75 Å². The van der Waals surface area contributed by atoms with E-state index >= 15 is 0 Å². The van der Waals surface area contributed by atoms with Gasteiger partial charge in [0.2, 0.25) is 5.78 Å². The topological polar surface area (TPSA) is 44.1 Å². The zero-order valence-electron chi connectivity index (χ0n) is 9.46. The Balaban J connectivity index is 1.86. The van der Waals surface area contributed by atoms with Crippen LogP contribution in [-0.4, -0.2) is 21.7 Å². The molecule has 86 valence electrons. The van der Waals surface area contributed by atoms with E-state index in [1.165, 1.54) is 0 Å². The molecule has 2 aromatic rings. The smallest absolute Gasteiger partial charge is 0.221 e. The fourth-order valence-electron chi connectivity index (χ4n) is 2.11. The van der Waals surface area contributed by atoms with E-state index < -0.39 is 6.10 Å². The van der Waals surface area contributed by atoms with Gasteiger partial charge in [0.1, 0.15) is 11.4 Å². The summed E-state index contributed by atoms with van der Waals surface area (Å²) in [4.78, 5) is 12.2. The highest BCUT2D eigenvalue weighted by Gasteiger charge is 2.30. The molecule has 1 aromatic carbocycles. The predicted octanol–water partition coefficient (Wildman–Crippen LogP) is 1.61. The van der Waals surface area contributed by atoms with Gasteiger partial charge < -0.3 is 4.74 Å². The average molecular weight is 228 g/mol. The molecular weight excluding hydrogens is 216 g/mol. The van der Waals surface area contributed by atoms with Gasteiger partial charge in [-0.2, -0.15) is 5.10 Å². The fraction of sp³-hybridized carbons (Fsp3) is 0.231. The number of nitrogens with zero attached hydrogens (tertiary/aromatic N) is 2. The fourth-order valence-corrected chi connectivity index (χ4v) is 2.11. The molecule has 0 bridgehead atoms. The Hall–Kier alpha value is -2.10. The zero-order valence-corrected chi connectivity index (χ0v) is 9.46. The number of benzene rings is 1. The van der Waals surface area contributed by atoms with Crippen LogP contribution >= 0.6 is 0 Å². The monoisotopic (exact) mass is 228 g/mol. The van der Waals surface area contributed by atoms with Gasteiger partial charge in [-0.3, -0.25) is 9.48 Å². The first-order valence-corrected chi connectivity index (χ1v) is 5.52. The lowest BCUT2D eigenvalue weighted by molar-refractivity contribution is 0.0814. The van der Waals surface area contributed by atoms with E-state index in [2.05, 4.69) is 5.10 Å². The second kappa shape index (κ2) is 3.73. The largest absolute Gasteiger partial charge is 0.482 e. The lowest BCUT2D eigenvalue weighted by atomic mass is 10.1. The first kappa shape index (κ1) is 10.1. The molecule has 1 aliphatic heterocycles. The molecular formula is C13H12N2O2. The van der Waals surface area contributed by atoms with Crippen molar-refractivity contribution in [3.05, 3.63) is 47.8 Å². The van der Waals surface area contributed by atoms with Crippen molar-refractivity contribution in [1.29, 1.82) is 0 Å². The van der Waals surface area contributed by atoms with Crippen molar-refractivity contribution in [2.45, 2.75) is 12.5 Å². The van der Waals surface area contributed by atoms with Crippen molar-refractivity contribution in [1.82, 2.24) is 9.78 Å².